The fourth-order valence-corrected chi connectivity index (χ4v) is 3.11. The standard InChI is InChI=1S/C15H20Cl2N2O/c1-2-12(18-11-5-3-4-6-11)13(20)9-10-7-8-14(16)19-15(10)17/h7-8,11-12,18H,2-6,9H2,1H3/t12-/m1/s1. The van der Waals surface area contributed by atoms with Crippen molar-refractivity contribution in [3.63, 3.8) is 0 Å². The van der Waals surface area contributed by atoms with Crippen molar-refractivity contribution in [1.29, 1.82) is 0 Å². The Balaban J connectivity index is 1.97. The van der Waals surface area contributed by atoms with E-state index in [1.165, 1.54) is 25.7 Å². The van der Waals surface area contributed by atoms with Crippen molar-refractivity contribution in [3.8, 4) is 0 Å². The van der Waals surface area contributed by atoms with Crippen LogP contribution in [0, 0.1) is 0 Å². The molecular formula is C15H20Cl2N2O. The Hall–Kier alpha value is -0.640. The monoisotopic (exact) mass is 314 g/mol. The van der Waals surface area contributed by atoms with E-state index in [9.17, 15) is 4.79 Å². The maximum atomic E-state index is 12.4. The molecule has 1 aromatic rings. The minimum absolute atomic E-state index is 0.0927. The minimum Gasteiger partial charge on any atom is -0.305 e. The highest BCUT2D eigenvalue weighted by atomic mass is 35.5. The summed E-state index contributed by atoms with van der Waals surface area (Å²) in [6, 6.07) is 3.84. The van der Waals surface area contributed by atoms with E-state index in [1.807, 2.05) is 6.92 Å². The summed E-state index contributed by atoms with van der Waals surface area (Å²) >= 11 is 11.8. The smallest absolute Gasteiger partial charge is 0.154 e. The molecule has 0 radical (unpaired) electrons. The van der Waals surface area contributed by atoms with Crippen molar-refractivity contribution in [2.75, 3.05) is 0 Å². The van der Waals surface area contributed by atoms with Crippen LogP contribution in [0.3, 0.4) is 0 Å². The first-order valence-corrected chi connectivity index (χ1v) is 7.95. The third kappa shape index (κ3) is 4.18. The molecule has 0 saturated heterocycles. The summed E-state index contributed by atoms with van der Waals surface area (Å²) in [5.74, 6) is 0.172. The number of aromatic nitrogens is 1. The SMILES string of the molecule is CC[C@@H](NC1CCCC1)C(=O)Cc1ccc(Cl)nc1Cl. The van der Waals surface area contributed by atoms with Crippen LogP contribution in [-0.4, -0.2) is 22.9 Å². The number of nitrogens with one attached hydrogen (secondary N) is 1. The zero-order chi connectivity index (χ0) is 14.5. The largest absolute Gasteiger partial charge is 0.305 e. The van der Waals surface area contributed by atoms with Gasteiger partial charge in [-0.05, 0) is 30.9 Å². The summed E-state index contributed by atoms with van der Waals surface area (Å²) in [6.45, 7) is 2.03. The first-order valence-electron chi connectivity index (χ1n) is 7.19. The Labute approximate surface area is 130 Å². The van der Waals surface area contributed by atoms with Crippen molar-refractivity contribution < 1.29 is 4.79 Å². The lowest BCUT2D eigenvalue weighted by Gasteiger charge is -2.20. The molecule has 3 nitrogen and oxygen atoms in total. The molecule has 0 unspecified atom stereocenters. The quantitative estimate of drug-likeness (QED) is 0.812. The maximum Gasteiger partial charge on any atom is 0.154 e. The predicted octanol–water partition coefficient (Wildman–Crippen LogP) is 3.81. The van der Waals surface area contributed by atoms with E-state index in [4.69, 9.17) is 23.2 Å². The van der Waals surface area contributed by atoms with Gasteiger partial charge in [-0.1, -0.05) is 49.0 Å². The second kappa shape index (κ2) is 7.39. The molecule has 1 fully saturated rings. The highest BCUT2D eigenvalue weighted by Crippen LogP contribution is 2.20. The molecule has 20 heavy (non-hydrogen) atoms. The van der Waals surface area contributed by atoms with E-state index in [0.717, 1.165) is 12.0 Å². The van der Waals surface area contributed by atoms with Gasteiger partial charge in [0.1, 0.15) is 10.3 Å². The molecular weight excluding hydrogens is 295 g/mol. The van der Waals surface area contributed by atoms with Crippen LogP contribution < -0.4 is 5.32 Å². The van der Waals surface area contributed by atoms with E-state index in [1.54, 1.807) is 12.1 Å². The zero-order valence-corrected chi connectivity index (χ0v) is 13.2. The van der Waals surface area contributed by atoms with Crippen molar-refractivity contribution in [1.82, 2.24) is 10.3 Å². The van der Waals surface area contributed by atoms with Crippen molar-refractivity contribution in [2.45, 2.75) is 57.5 Å². The van der Waals surface area contributed by atoms with Crippen LogP contribution >= 0.6 is 23.2 Å². The Kier molecular flexibility index (Phi) is 5.82. The van der Waals surface area contributed by atoms with Crippen LogP contribution in [0.5, 0.6) is 0 Å². The topological polar surface area (TPSA) is 42.0 Å². The molecule has 1 heterocycles. The van der Waals surface area contributed by atoms with Gasteiger partial charge in [-0.2, -0.15) is 0 Å². The minimum atomic E-state index is -0.0927. The lowest BCUT2D eigenvalue weighted by atomic mass is 10.0. The second-order valence-corrected chi connectivity index (χ2v) is 6.08. The summed E-state index contributed by atoms with van der Waals surface area (Å²) in [7, 11) is 0. The number of halogens is 2. The van der Waals surface area contributed by atoms with E-state index in [2.05, 4.69) is 10.3 Å². The molecule has 1 atom stereocenters. The Morgan fingerprint density at radius 1 is 1.40 bits per heavy atom. The number of hydrogen-bond acceptors (Lipinski definition) is 3. The summed E-state index contributed by atoms with van der Waals surface area (Å²) in [5.41, 5.74) is 0.743. The average Bonchev–Trinajstić information content (AvgIpc) is 2.92. The molecule has 2 rings (SSSR count). The molecule has 1 N–H and O–H groups in total. The highest BCUT2D eigenvalue weighted by molar-refractivity contribution is 6.33. The summed E-state index contributed by atoms with van der Waals surface area (Å²) in [5, 5.41) is 4.15. The van der Waals surface area contributed by atoms with Gasteiger partial charge in [0.05, 0.1) is 6.04 Å². The van der Waals surface area contributed by atoms with E-state index in [-0.39, 0.29) is 11.8 Å². The van der Waals surface area contributed by atoms with Gasteiger partial charge >= 0.3 is 0 Å². The lowest BCUT2D eigenvalue weighted by molar-refractivity contribution is -0.120. The van der Waals surface area contributed by atoms with Gasteiger partial charge in [0, 0.05) is 12.5 Å². The predicted molar refractivity (Wildman–Crippen MR) is 82.4 cm³/mol. The summed E-state index contributed by atoms with van der Waals surface area (Å²) in [4.78, 5) is 16.4. The molecule has 1 aliphatic carbocycles. The van der Waals surface area contributed by atoms with Crippen LogP contribution in [0.15, 0.2) is 12.1 Å². The van der Waals surface area contributed by atoms with Gasteiger partial charge in [-0.15, -0.1) is 0 Å². The molecule has 1 aromatic heterocycles. The van der Waals surface area contributed by atoms with Crippen LogP contribution in [0.2, 0.25) is 10.3 Å². The number of rotatable bonds is 6. The first-order chi connectivity index (χ1) is 9.60. The number of hydrogen-bond donors (Lipinski definition) is 1. The van der Waals surface area contributed by atoms with Gasteiger partial charge < -0.3 is 5.32 Å². The number of ketones is 1. The van der Waals surface area contributed by atoms with Gasteiger partial charge in [0.25, 0.3) is 0 Å². The van der Waals surface area contributed by atoms with Gasteiger partial charge in [-0.25, -0.2) is 4.98 Å². The normalized spacial score (nSPS) is 17.4. The molecule has 0 aliphatic heterocycles. The average molecular weight is 315 g/mol. The number of nitrogens with zero attached hydrogens (tertiary/aromatic N) is 1. The Bertz CT molecular complexity index is 473. The molecule has 110 valence electrons. The Morgan fingerprint density at radius 3 is 2.70 bits per heavy atom. The summed E-state index contributed by atoms with van der Waals surface area (Å²) < 4.78 is 0. The van der Waals surface area contributed by atoms with Crippen LogP contribution in [0.1, 0.15) is 44.6 Å². The molecule has 5 heteroatoms. The summed E-state index contributed by atoms with van der Waals surface area (Å²) in [6.07, 6.45) is 5.97. The zero-order valence-electron chi connectivity index (χ0n) is 11.7. The van der Waals surface area contributed by atoms with Gasteiger partial charge in [0.2, 0.25) is 0 Å². The molecule has 0 amide bonds. The van der Waals surface area contributed by atoms with E-state index in [0.29, 0.717) is 22.8 Å². The van der Waals surface area contributed by atoms with Crippen LogP contribution in [-0.2, 0) is 11.2 Å². The lowest BCUT2D eigenvalue weighted by Crippen LogP contribution is -2.42. The fourth-order valence-electron chi connectivity index (χ4n) is 2.70. The third-order valence-electron chi connectivity index (χ3n) is 3.85. The van der Waals surface area contributed by atoms with Crippen LogP contribution in [0.4, 0.5) is 0 Å². The molecule has 0 bridgehead atoms. The Morgan fingerprint density at radius 2 is 2.10 bits per heavy atom. The highest BCUT2D eigenvalue weighted by Gasteiger charge is 2.23. The second-order valence-electron chi connectivity index (χ2n) is 5.34. The molecule has 1 aliphatic rings. The number of carbonyl (C=O) groups is 1. The molecule has 0 aromatic carbocycles. The molecule has 1 saturated carbocycles. The number of Topliss-reactive ketones (excluding diaryl/α,β-unsaturated/α-hetero) is 1. The van der Waals surface area contributed by atoms with E-state index < -0.39 is 0 Å². The van der Waals surface area contributed by atoms with Crippen LogP contribution in [0.25, 0.3) is 0 Å². The fraction of sp³-hybridized carbons (Fsp3) is 0.600. The maximum absolute atomic E-state index is 12.4. The van der Waals surface area contributed by atoms with Crippen molar-refractivity contribution >= 4 is 29.0 Å². The van der Waals surface area contributed by atoms with Crippen molar-refractivity contribution in [3.05, 3.63) is 28.0 Å². The third-order valence-corrected chi connectivity index (χ3v) is 4.38. The van der Waals surface area contributed by atoms with Gasteiger partial charge in [0.15, 0.2) is 5.78 Å². The number of pyridine rings is 1. The van der Waals surface area contributed by atoms with Crippen molar-refractivity contribution in [2.24, 2.45) is 0 Å². The number of carbonyl (C=O) groups excluding carboxylic acids is 1. The molecule has 0 spiro atoms. The first kappa shape index (κ1) is 15.7. The van der Waals surface area contributed by atoms with E-state index >= 15 is 0 Å². The van der Waals surface area contributed by atoms with Gasteiger partial charge in [-0.3, -0.25) is 4.79 Å².